The number of fused-ring (bicyclic) bond motifs is 5. The van der Waals surface area contributed by atoms with Crippen LogP contribution in [0.3, 0.4) is 0 Å². The third-order valence-corrected chi connectivity index (χ3v) is 16.8. The molecule has 6 rings (SSSR count). The van der Waals surface area contributed by atoms with E-state index in [9.17, 15) is 31.8 Å². The van der Waals surface area contributed by atoms with Crippen LogP contribution in [0.2, 0.25) is 0 Å². The molecule has 0 spiro atoms. The molecule has 0 bridgehead atoms. The highest BCUT2D eigenvalue weighted by atomic mass is 32.2. The average molecular weight is 653 g/mol. The average Bonchev–Trinajstić information content (AvgIpc) is 3.31. The summed E-state index contributed by atoms with van der Waals surface area (Å²) in [6.07, 6.45) is 4.80. The summed E-state index contributed by atoms with van der Waals surface area (Å²) in [5, 5.41) is 21.7. The molecular weight excluding hydrogens is 597 g/mol. The van der Waals surface area contributed by atoms with E-state index in [0.29, 0.717) is 48.3 Å². The molecule has 5 aliphatic rings. The lowest BCUT2D eigenvalue weighted by Crippen LogP contribution is -2.59. The normalized spacial score (nSPS) is 41.8. The van der Waals surface area contributed by atoms with Crippen LogP contribution in [0.15, 0.2) is 35.2 Å². The van der Waals surface area contributed by atoms with Crippen molar-refractivity contribution in [3.8, 4) is 0 Å². The van der Waals surface area contributed by atoms with Crippen molar-refractivity contribution in [2.45, 2.75) is 152 Å². The van der Waals surface area contributed by atoms with Crippen molar-refractivity contribution < 1.29 is 31.8 Å². The Morgan fingerprint density at radius 1 is 0.800 bits per heavy atom. The van der Waals surface area contributed by atoms with E-state index in [2.05, 4.69) is 27.7 Å². The number of rotatable bonds is 6. The quantitative estimate of drug-likeness (QED) is 0.322. The molecule has 45 heavy (non-hydrogen) atoms. The number of hydrogen-bond acceptors (Lipinski definition) is 4. The minimum atomic E-state index is -4.59. The third-order valence-electron chi connectivity index (χ3n) is 14.7. The molecule has 5 aliphatic carbocycles. The Morgan fingerprint density at radius 2 is 1.44 bits per heavy atom. The van der Waals surface area contributed by atoms with Crippen molar-refractivity contribution in [3.05, 3.63) is 30.3 Å². The monoisotopic (exact) mass is 652 g/mol. The molecule has 2 N–H and O–H groups in total. The Kier molecular flexibility index (Phi) is 8.42. The van der Waals surface area contributed by atoms with Crippen LogP contribution in [0.4, 0.5) is 13.2 Å². The van der Waals surface area contributed by atoms with Gasteiger partial charge in [-0.05, 0) is 154 Å². The highest BCUT2D eigenvalue weighted by Crippen LogP contribution is 2.69. The van der Waals surface area contributed by atoms with Crippen molar-refractivity contribution >= 4 is 9.84 Å². The van der Waals surface area contributed by atoms with E-state index in [1.165, 1.54) is 0 Å². The maximum absolute atomic E-state index is 14.3. The van der Waals surface area contributed by atoms with Gasteiger partial charge in [-0.25, -0.2) is 8.42 Å². The fraction of sp³-hybridized carbons (Fsp3) is 0.838. The van der Waals surface area contributed by atoms with Gasteiger partial charge in [-0.1, -0.05) is 45.9 Å². The number of alkyl halides is 3. The van der Waals surface area contributed by atoms with Gasteiger partial charge in [0.05, 0.1) is 15.7 Å². The number of halogens is 3. The van der Waals surface area contributed by atoms with Crippen LogP contribution in [0.5, 0.6) is 0 Å². The van der Waals surface area contributed by atoms with Crippen LogP contribution >= 0.6 is 0 Å². The van der Waals surface area contributed by atoms with Gasteiger partial charge in [0.1, 0.15) is 0 Å². The van der Waals surface area contributed by atoms with E-state index in [1.54, 1.807) is 24.3 Å². The molecule has 4 nitrogen and oxygen atoms in total. The Balaban J connectivity index is 1.23. The zero-order valence-corrected chi connectivity index (χ0v) is 28.5. The van der Waals surface area contributed by atoms with Gasteiger partial charge in [0.25, 0.3) is 0 Å². The fourth-order valence-corrected chi connectivity index (χ4v) is 13.4. The van der Waals surface area contributed by atoms with Gasteiger partial charge in [0.2, 0.25) is 0 Å². The van der Waals surface area contributed by atoms with E-state index in [0.717, 1.165) is 51.4 Å². The number of sulfone groups is 1. The van der Waals surface area contributed by atoms with Gasteiger partial charge in [-0.3, -0.25) is 0 Å². The van der Waals surface area contributed by atoms with Crippen LogP contribution < -0.4 is 0 Å². The summed E-state index contributed by atoms with van der Waals surface area (Å²) in [6, 6.07) is 8.74. The molecule has 2 unspecified atom stereocenters. The fourth-order valence-electron chi connectivity index (χ4n) is 11.5. The molecule has 5 fully saturated rings. The van der Waals surface area contributed by atoms with Crippen molar-refractivity contribution in [3.63, 3.8) is 0 Å². The Morgan fingerprint density at radius 3 is 2.09 bits per heavy atom. The lowest BCUT2D eigenvalue weighted by atomic mass is 9.43. The predicted molar refractivity (Wildman–Crippen MR) is 170 cm³/mol. The maximum Gasteiger partial charge on any atom is 0.417 e. The molecule has 5 saturated carbocycles. The van der Waals surface area contributed by atoms with Crippen molar-refractivity contribution in [2.24, 2.45) is 45.8 Å². The van der Waals surface area contributed by atoms with Crippen molar-refractivity contribution in [1.82, 2.24) is 0 Å². The zero-order chi connectivity index (χ0) is 32.7. The van der Waals surface area contributed by atoms with E-state index in [1.807, 2.05) is 6.07 Å². The minimum absolute atomic E-state index is 0.0205. The summed E-state index contributed by atoms with van der Waals surface area (Å²) >= 11 is 0. The molecule has 1 aromatic carbocycles. The van der Waals surface area contributed by atoms with Gasteiger partial charge < -0.3 is 10.2 Å². The van der Waals surface area contributed by atoms with Gasteiger partial charge in [0.15, 0.2) is 15.4 Å². The van der Waals surface area contributed by atoms with Crippen LogP contribution in [0.1, 0.15) is 124 Å². The van der Waals surface area contributed by atoms with Crippen LogP contribution in [-0.2, 0) is 9.84 Å². The van der Waals surface area contributed by atoms with E-state index >= 15 is 0 Å². The van der Waals surface area contributed by atoms with E-state index in [4.69, 9.17) is 0 Å². The highest BCUT2D eigenvalue weighted by molar-refractivity contribution is 7.92. The minimum Gasteiger partial charge on any atom is -0.390 e. The van der Waals surface area contributed by atoms with Crippen LogP contribution in [0.25, 0.3) is 0 Å². The topological polar surface area (TPSA) is 74.6 Å². The second-order valence-corrected chi connectivity index (χ2v) is 19.7. The molecule has 0 aliphatic heterocycles. The lowest BCUT2D eigenvalue weighted by Gasteiger charge is -2.62. The van der Waals surface area contributed by atoms with Crippen LogP contribution in [0, 0.1) is 45.8 Å². The predicted octanol–water partition coefficient (Wildman–Crippen LogP) is 8.89. The zero-order valence-electron chi connectivity index (χ0n) is 27.7. The summed E-state index contributed by atoms with van der Waals surface area (Å²) in [7, 11) is -3.67. The lowest BCUT2D eigenvalue weighted by molar-refractivity contribution is -0.290. The Labute approximate surface area is 268 Å². The summed E-state index contributed by atoms with van der Waals surface area (Å²) < 4.78 is 70.0. The SMILES string of the molecule is CC1(C)CCC(O)(CC(C[C@H]2CC[C@H]3[C@@H]4CC[C@H]5C[C@](O)(C(F)(F)F)CC[C@]5(C)C4CC[C@]23C)S(=O)(=O)c2ccccc2)CC1. The first-order valence-electron chi connectivity index (χ1n) is 17.6. The van der Waals surface area contributed by atoms with Gasteiger partial charge in [-0.2, -0.15) is 13.2 Å². The first kappa shape index (κ1) is 33.8. The maximum atomic E-state index is 14.3. The Bertz CT molecular complexity index is 1330. The summed E-state index contributed by atoms with van der Waals surface area (Å²) in [6.45, 7) is 9.01. The molecular formula is C37H55F3O4S. The molecule has 9 atom stereocenters. The highest BCUT2D eigenvalue weighted by Gasteiger charge is 2.65. The summed E-state index contributed by atoms with van der Waals surface area (Å²) in [4.78, 5) is 0.334. The molecule has 1 aromatic rings. The molecule has 0 amide bonds. The third kappa shape index (κ3) is 5.83. The molecule has 0 saturated heterocycles. The first-order chi connectivity index (χ1) is 20.8. The smallest absolute Gasteiger partial charge is 0.390 e. The molecule has 254 valence electrons. The van der Waals surface area contributed by atoms with Gasteiger partial charge in [-0.15, -0.1) is 0 Å². The van der Waals surface area contributed by atoms with Gasteiger partial charge in [0, 0.05) is 0 Å². The molecule has 0 heterocycles. The standard InChI is InChI=1S/C37H55F3O4S/c1-32(2)16-19-35(41,20-17-32)24-28(45(43,44)27-8-6-5-7-9-27)22-25-11-13-30-29-12-10-26-23-36(42,37(38,39)40)21-18-34(26,4)31(29)14-15-33(25,30)3/h5-9,25-26,28-31,41-42H,10-24H2,1-4H3/t25-,26+,28?,29+,30+,31?,33-,34+,36+/m1/s1. The summed E-state index contributed by atoms with van der Waals surface area (Å²) in [5.74, 6) is 1.31. The largest absolute Gasteiger partial charge is 0.417 e. The molecule has 0 radical (unpaired) electrons. The molecule has 0 aromatic heterocycles. The van der Waals surface area contributed by atoms with Crippen LogP contribution in [-0.4, -0.2) is 41.3 Å². The number of benzene rings is 1. The number of hydrogen-bond donors (Lipinski definition) is 2. The van der Waals surface area contributed by atoms with E-state index in [-0.39, 0.29) is 47.3 Å². The molecule has 8 heteroatoms. The Hall–Kier alpha value is -1.12. The summed E-state index contributed by atoms with van der Waals surface area (Å²) in [5.41, 5.74) is -3.61. The van der Waals surface area contributed by atoms with Crippen molar-refractivity contribution in [1.29, 1.82) is 0 Å². The first-order valence-corrected chi connectivity index (χ1v) is 19.2. The second-order valence-electron chi connectivity index (χ2n) is 17.5. The second kappa shape index (κ2) is 11.2. The number of aliphatic hydroxyl groups is 2. The van der Waals surface area contributed by atoms with Gasteiger partial charge >= 0.3 is 6.18 Å². The van der Waals surface area contributed by atoms with Crippen molar-refractivity contribution in [2.75, 3.05) is 0 Å². The van der Waals surface area contributed by atoms with E-state index < -0.39 is 32.5 Å².